The maximum atomic E-state index is 11.8. The van der Waals surface area contributed by atoms with Crippen LogP contribution < -0.4 is 11.1 Å². The lowest BCUT2D eigenvalue weighted by Gasteiger charge is -2.04. The third-order valence-electron chi connectivity index (χ3n) is 2.15. The Balaban J connectivity index is 2.01. The third kappa shape index (κ3) is 2.79. The fourth-order valence-corrected chi connectivity index (χ4v) is 2.06. The molecule has 17 heavy (non-hydrogen) atoms. The number of anilines is 1. The summed E-state index contributed by atoms with van der Waals surface area (Å²) < 4.78 is 0. The number of nitrogen functional groups attached to an aromatic ring is 1. The van der Waals surface area contributed by atoms with Crippen molar-refractivity contribution in [3.05, 3.63) is 40.0 Å². The SMILES string of the molecule is Cc1csc(CNC(=O)c2cccnc2N)n1. The van der Waals surface area contributed by atoms with Gasteiger partial charge in [0.1, 0.15) is 10.8 Å². The van der Waals surface area contributed by atoms with Gasteiger partial charge < -0.3 is 11.1 Å². The van der Waals surface area contributed by atoms with Gasteiger partial charge in [0.25, 0.3) is 5.91 Å². The number of pyridine rings is 1. The van der Waals surface area contributed by atoms with Crippen molar-refractivity contribution in [1.29, 1.82) is 0 Å². The van der Waals surface area contributed by atoms with Gasteiger partial charge in [-0.2, -0.15) is 0 Å². The standard InChI is InChI=1S/C11H12N4OS/c1-7-6-17-9(15-7)5-14-11(16)8-3-2-4-13-10(8)12/h2-4,6H,5H2,1H3,(H2,12,13)(H,14,16). The lowest BCUT2D eigenvalue weighted by molar-refractivity contribution is 0.0951. The second-order valence-electron chi connectivity index (χ2n) is 3.50. The van der Waals surface area contributed by atoms with E-state index in [1.54, 1.807) is 18.3 Å². The van der Waals surface area contributed by atoms with E-state index in [1.807, 2.05) is 12.3 Å². The fourth-order valence-electron chi connectivity index (χ4n) is 1.34. The van der Waals surface area contributed by atoms with Gasteiger partial charge in [0.15, 0.2) is 0 Å². The molecule has 0 unspecified atom stereocenters. The summed E-state index contributed by atoms with van der Waals surface area (Å²) >= 11 is 1.52. The molecule has 0 aliphatic heterocycles. The normalized spacial score (nSPS) is 10.2. The molecule has 0 spiro atoms. The van der Waals surface area contributed by atoms with Gasteiger partial charge in [-0.05, 0) is 19.1 Å². The Hall–Kier alpha value is -1.95. The lowest BCUT2D eigenvalue weighted by atomic mass is 10.2. The summed E-state index contributed by atoms with van der Waals surface area (Å²) in [7, 11) is 0. The van der Waals surface area contributed by atoms with Crippen LogP contribution in [0.25, 0.3) is 0 Å². The zero-order valence-electron chi connectivity index (χ0n) is 9.30. The molecule has 0 aromatic carbocycles. The van der Waals surface area contributed by atoms with E-state index in [4.69, 9.17) is 5.73 Å². The zero-order chi connectivity index (χ0) is 12.3. The molecular formula is C11H12N4OS. The Labute approximate surface area is 103 Å². The first-order valence-corrected chi connectivity index (χ1v) is 5.94. The number of nitrogens with zero attached hydrogens (tertiary/aromatic N) is 2. The maximum absolute atomic E-state index is 11.8. The number of aromatic nitrogens is 2. The van der Waals surface area contributed by atoms with Gasteiger partial charge in [0, 0.05) is 17.3 Å². The first kappa shape index (κ1) is 11.5. The summed E-state index contributed by atoms with van der Waals surface area (Å²) in [6, 6.07) is 3.32. The molecule has 0 aliphatic carbocycles. The van der Waals surface area contributed by atoms with Crippen LogP contribution in [0.4, 0.5) is 5.82 Å². The van der Waals surface area contributed by atoms with Crippen LogP contribution in [-0.2, 0) is 6.54 Å². The smallest absolute Gasteiger partial charge is 0.255 e. The molecule has 0 bridgehead atoms. The number of carbonyl (C=O) groups excluding carboxylic acids is 1. The van der Waals surface area contributed by atoms with Crippen molar-refractivity contribution >= 4 is 23.1 Å². The molecule has 0 radical (unpaired) electrons. The molecule has 6 heteroatoms. The van der Waals surface area contributed by atoms with Crippen LogP contribution in [0.5, 0.6) is 0 Å². The van der Waals surface area contributed by atoms with Gasteiger partial charge in [-0.25, -0.2) is 9.97 Å². The maximum Gasteiger partial charge on any atom is 0.255 e. The van der Waals surface area contributed by atoms with E-state index in [2.05, 4.69) is 15.3 Å². The van der Waals surface area contributed by atoms with Gasteiger partial charge in [-0.1, -0.05) is 0 Å². The molecule has 2 heterocycles. The fraction of sp³-hybridized carbons (Fsp3) is 0.182. The summed E-state index contributed by atoms with van der Waals surface area (Å²) in [6.45, 7) is 2.33. The van der Waals surface area contributed by atoms with Crippen LogP contribution >= 0.6 is 11.3 Å². The van der Waals surface area contributed by atoms with Crippen LogP contribution in [0.1, 0.15) is 21.1 Å². The number of amides is 1. The van der Waals surface area contributed by atoms with Crippen LogP contribution in [0.3, 0.4) is 0 Å². The van der Waals surface area contributed by atoms with Gasteiger partial charge in [-0.15, -0.1) is 11.3 Å². The van der Waals surface area contributed by atoms with Crippen molar-refractivity contribution in [3.8, 4) is 0 Å². The zero-order valence-corrected chi connectivity index (χ0v) is 10.1. The Morgan fingerprint density at radius 2 is 2.41 bits per heavy atom. The third-order valence-corrected chi connectivity index (χ3v) is 3.12. The Kier molecular flexibility index (Phi) is 3.34. The molecule has 5 nitrogen and oxygen atoms in total. The van der Waals surface area contributed by atoms with E-state index in [-0.39, 0.29) is 11.7 Å². The summed E-state index contributed by atoms with van der Waals surface area (Å²) in [5, 5.41) is 5.58. The molecule has 0 aliphatic rings. The molecule has 0 atom stereocenters. The largest absolute Gasteiger partial charge is 0.383 e. The van der Waals surface area contributed by atoms with Crippen molar-refractivity contribution in [3.63, 3.8) is 0 Å². The van der Waals surface area contributed by atoms with Gasteiger partial charge in [-0.3, -0.25) is 4.79 Å². The number of thiazole rings is 1. The molecule has 88 valence electrons. The molecular weight excluding hydrogens is 236 g/mol. The molecule has 2 aromatic rings. The van der Waals surface area contributed by atoms with Crippen LogP contribution in [0.2, 0.25) is 0 Å². The second kappa shape index (κ2) is 4.92. The van der Waals surface area contributed by atoms with Crippen LogP contribution in [0.15, 0.2) is 23.7 Å². The summed E-state index contributed by atoms with van der Waals surface area (Å²) in [5.41, 5.74) is 6.96. The van der Waals surface area contributed by atoms with E-state index in [1.165, 1.54) is 11.3 Å². The first-order valence-electron chi connectivity index (χ1n) is 5.06. The predicted molar refractivity (Wildman–Crippen MR) is 66.7 cm³/mol. The van der Waals surface area contributed by atoms with Crippen molar-refractivity contribution in [2.75, 3.05) is 5.73 Å². The Morgan fingerprint density at radius 1 is 1.59 bits per heavy atom. The van der Waals surface area contributed by atoms with E-state index in [0.29, 0.717) is 12.1 Å². The molecule has 2 rings (SSSR count). The topological polar surface area (TPSA) is 80.9 Å². The van der Waals surface area contributed by atoms with E-state index < -0.39 is 0 Å². The van der Waals surface area contributed by atoms with E-state index >= 15 is 0 Å². The highest BCUT2D eigenvalue weighted by Crippen LogP contribution is 2.10. The number of aryl methyl sites for hydroxylation is 1. The first-order chi connectivity index (χ1) is 8.16. The van der Waals surface area contributed by atoms with Crippen molar-refractivity contribution in [1.82, 2.24) is 15.3 Å². The monoisotopic (exact) mass is 248 g/mol. The lowest BCUT2D eigenvalue weighted by Crippen LogP contribution is -2.24. The number of hydrogen-bond acceptors (Lipinski definition) is 5. The predicted octanol–water partition coefficient (Wildman–Crippen LogP) is 1.36. The highest BCUT2D eigenvalue weighted by Gasteiger charge is 2.10. The molecule has 0 saturated carbocycles. The van der Waals surface area contributed by atoms with Crippen LogP contribution in [-0.4, -0.2) is 15.9 Å². The molecule has 0 saturated heterocycles. The van der Waals surface area contributed by atoms with Crippen molar-refractivity contribution in [2.45, 2.75) is 13.5 Å². The average molecular weight is 248 g/mol. The molecule has 1 amide bonds. The summed E-state index contributed by atoms with van der Waals surface area (Å²) in [5.74, 6) is 0.00349. The summed E-state index contributed by atoms with van der Waals surface area (Å²) in [4.78, 5) is 19.9. The second-order valence-corrected chi connectivity index (χ2v) is 4.44. The Bertz CT molecular complexity index is 538. The molecule has 3 N–H and O–H groups in total. The highest BCUT2D eigenvalue weighted by atomic mass is 32.1. The molecule has 0 fully saturated rings. The minimum absolute atomic E-state index is 0.233. The van der Waals surface area contributed by atoms with Gasteiger partial charge in [0.2, 0.25) is 0 Å². The summed E-state index contributed by atoms with van der Waals surface area (Å²) in [6.07, 6.45) is 1.55. The highest BCUT2D eigenvalue weighted by molar-refractivity contribution is 7.09. The Morgan fingerprint density at radius 3 is 3.06 bits per heavy atom. The number of carbonyl (C=O) groups is 1. The van der Waals surface area contributed by atoms with E-state index in [0.717, 1.165) is 10.7 Å². The minimum atomic E-state index is -0.233. The number of nitrogens with two attached hydrogens (primary N) is 1. The minimum Gasteiger partial charge on any atom is -0.383 e. The quantitative estimate of drug-likeness (QED) is 0.859. The number of rotatable bonds is 3. The van der Waals surface area contributed by atoms with Gasteiger partial charge >= 0.3 is 0 Å². The number of nitrogens with one attached hydrogen (secondary N) is 1. The van der Waals surface area contributed by atoms with Gasteiger partial charge in [0.05, 0.1) is 12.1 Å². The number of hydrogen-bond donors (Lipinski definition) is 2. The van der Waals surface area contributed by atoms with Crippen molar-refractivity contribution in [2.24, 2.45) is 0 Å². The van der Waals surface area contributed by atoms with Crippen LogP contribution in [0, 0.1) is 6.92 Å². The van der Waals surface area contributed by atoms with E-state index in [9.17, 15) is 4.79 Å². The average Bonchev–Trinajstić information content (AvgIpc) is 2.73. The molecule has 2 aromatic heterocycles. The van der Waals surface area contributed by atoms with Crippen molar-refractivity contribution < 1.29 is 4.79 Å².